The van der Waals surface area contributed by atoms with Gasteiger partial charge in [-0.3, -0.25) is 0 Å². The molecule has 0 unspecified atom stereocenters. The van der Waals surface area contributed by atoms with Crippen LogP contribution in [0.1, 0.15) is 0 Å². The summed E-state index contributed by atoms with van der Waals surface area (Å²) >= 11 is 0. The number of para-hydroxylation sites is 3. The molecule has 0 saturated carbocycles. The van der Waals surface area contributed by atoms with Crippen molar-refractivity contribution in [2.75, 3.05) is 21.3 Å². The van der Waals surface area contributed by atoms with Gasteiger partial charge in [0.1, 0.15) is 17.2 Å². The quantitative estimate of drug-likeness (QED) is 0.354. The van der Waals surface area contributed by atoms with Crippen molar-refractivity contribution in [1.29, 1.82) is 0 Å². The van der Waals surface area contributed by atoms with E-state index in [9.17, 15) is 0 Å². The second-order valence-corrected chi connectivity index (χ2v) is 7.75. The molecule has 154 valence electrons. The van der Waals surface area contributed by atoms with Gasteiger partial charge in [0.05, 0.1) is 0 Å². The molecule has 0 spiro atoms. The molecule has 0 aliphatic heterocycles. The molecular weight excluding hydrogens is 410 g/mol. The van der Waals surface area contributed by atoms with E-state index in [2.05, 4.69) is 13.6 Å². The van der Waals surface area contributed by atoms with Crippen molar-refractivity contribution >= 4 is 17.2 Å². The van der Waals surface area contributed by atoms with Gasteiger partial charge in [-0.25, -0.2) is 0 Å². The minimum atomic E-state index is -1.59. The summed E-state index contributed by atoms with van der Waals surface area (Å²) in [4.78, 5) is 0. The molecule has 0 aliphatic rings. The van der Waals surface area contributed by atoms with Gasteiger partial charge in [-0.1, -0.05) is 54.6 Å². The average Bonchev–Trinajstić information content (AvgIpc) is 2.77. The Labute approximate surface area is 174 Å². The second kappa shape index (κ2) is 13.9. The van der Waals surface area contributed by atoms with Gasteiger partial charge in [0, 0.05) is 21.3 Å². The third-order valence-electron chi connectivity index (χ3n) is 3.22. The van der Waals surface area contributed by atoms with Gasteiger partial charge in [0.25, 0.3) is 0 Å². The van der Waals surface area contributed by atoms with Crippen LogP contribution in [0, 0.1) is 0 Å². The van der Waals surface area contributed by atoms with Crippen LogP contribution in [0.2, 0.25) is 0 Å². The van der Waals surface area contributed by atoms with Crippen LogP contribution in [0.15, 0.2) is 91.0 Å². The smallest absolute Gasteiger partial charge is 0.409 e. The third-order valence-corrected chi connectivity index (χ3v) is 5.19. The standard InChI is InChI=1S/C18H15O3P.C3H9O3P/c1-4-10-16(11-5-1)19-22(20-17-12-6-2-7-13-17)21-18-14-8-3-9-15-18;1-4-7(5-2)6-3/h1-15H;1-3H3. The van der Waals surface area contributed by atoms with Crippen molar-refractivity contribution in [3.63, 3.8) is 0 Å². The van der Waals surface area contributed by atoms with Crippen molar-refractivity contribution in [1.82, 2.24) is 0 Å². The minimum absolute atomic E-state index is 0.709. The van der Waals surface area contributed by atoms with E-state index in [1.54, 1.807) is 21.3 Å². The highest BCUT2D eigenvalue weighted by Gasteiger charge is 2.19. The lowest BCUT2D eigenvalue weighted by Gasteiger charge is -2.17. The van der Waals surface area contributed by atoms with Crippen molar-refractivity contribution < 1.29 is 27.1 Å². The van der Waals surface area contributed by atoms with Gasteiger partial charge in [-0.05, 0) is 36.4 Å². The van der Waals surface area contributed by atoms with E-state index in [1.807, 2.05) is 91.0 Å². The molecule has 0 radical (unpaired) electrons. The molecule has 0 amide bonds. The Morgan fingerprint density at radius 3 is 0.897 bits per heavy atom. The number of hydrogen-bond donors (Lipinski definition) is 0. The van der Waals surface area contributed by atoms with E-state index in [-0.39, 0.29) is 0 Å². The Kier molecular flexibility index (Phi) is 11.1. The molecule has 0 heterocycles. The van der Waals surface area contributed by atoms with Gasteiger partial charge < -0.3 is 27.1 Å². The fourth-order valence-corrected chi connectivity index (χ4v) is 3.42. The number of benzene rings is 3. The largest absolute Gasteiger partial charge is 0.530 e. The van der Waals surface area contributed by atoms with Crippen LogP contribution in [0.5, 0.6) is 17.2 Å². The molecule has 6 nitrogen and oxygen atoms in total. The molecule has 29 heavy (non-hydrogen) atoms. The molecule has 0 atom stereocenters. The van der Waals surface area contributed by atoms with E-state index >= 15 is 0 Å². The summed E-state index contributed by atoms with van der Waals surface area (Å²) < 4.78 is 31.5. The lowest BCUT2D eigenvalue weighted by molar-refractivity contribution is 0.239. The zero-order valence-corrected chi connectivity index (χ0v) is 18.3. The zero-order chi connectivity index (χ0) is 20.7. The molecule has 3 rings (SSSR count). The molecule has 0 bridgehead atoms. The van der Waals surface area contributed by atoms with Gasteiger partial charge in [0.15, 0.2) is 0 Å². The maximum atomic E-state index is 5.84. The molecule has 0 fully saturated rings. The summed E-state index contributed by atoms with van der Waals surface area (Å²) in [6.45, 7) is 0. The topological polar surface area (TPSA) is 55.4 Å². The van der Waals surface area contributed by atoms with Gasteiger partial charge in [0.2, 0.25) is 0 Å². The summed E-state index contributed by atoms with van der Waals surface area (Å²) in [7, 11) is 1.98. The van der Waals surface area contributed by atoms with E-state index in [0.29, 0.717) is 17.2 Å². The molecule has 8 heteroatoms. The molecule has 0 aliphatic carbocycles. The van der Waals surface area contributed by atoms with Crippen LogP contribution in [0.25, 0.3) is 0 Å². The van der Waals surface area contributed by atoms with E-state index in [4.69, 9.17) is 13.6 Å². The summed E-state index contributed by atoms with van der Waals surface area (Å²) in [5, 5.41) is 0. The Morgan fingerprint density at radius 1 is 0.414 bits per heavy atom. The van der Waals surface area contributed by atoms with Crippen LogP contribution in [-0.4, -0.2) is 21.3 Å². The number of hydrogen-bond acceptors (Lipinski definition) is 6. The SMILES string of the molecule is COP(OC)OC.c1ccc(OP(Oc2ccccc2)Oc2ccccc2)cc1. The normalized spacial score (nSPS) is 10.2. The first-order chi connectivity index (χ1) is 14.2. The first-order valence-electron chi connectivity index (χ1n) is 8.66. The maximum absolute atomic E-state index is 5.84. The molecule has 0 aromatic heterocycles. The van der Waals surface area contributed by atoms with Crippen molar-refractivity contribution in [3.05, 3.63) is 91.0 Å². The highest BCUT2D eigenvalue weighted by atomic mass is 31.2. The fraction of sp³-hybridized carbons (Fsp3) is 0.143. The molecule has 0 N–H and O–H groups in total. The number of rotatable bonds is 9. The van der Waals surface area contributed by atoms with Crippen molar-refractivity contribution in [2.24, 2.45) is 0 Å². The van der Waals surface area contributed by atoms with Crippen LogP contribution in [-0.2, 0) is 13.6 Å². The van der Waals surface area contributed by atoms with Gasteiger partial charge in [-0.2, -0.15) is 0 Å². The maximum Gasteiger partial charge on any atom is 0.530 e. The van der Waals surface area contributed by atoms with E-state index < -0.39 is 17.2 Å². The van der Waals surface area contributed by atoms with Crippen LogP contribution in [0.4, 0.5) is 0 Å². The molecule has 3 aromatic rings. The van der Waals surface area contributed by atoms with E-state index in [0.717, 1.165) is 0 Å². The Morgan fingerprint density at radius 2 is 0.690 bits per heavy atom. The van der Waals surface area contributed by atoms with Gasteiger partial charge >= 0.3 is 17.2 Å². The third kappa shape index (κ3) is 9.23. The van der Waals surface area contributed by atoms with Crippen molar-refractivity contribution in [3.8, 4) is 17.2 Å². The summed E-state index contributed by atoms with van der Waals surface area (Å²) in [6, 6.07) is 28.5. The summed E-state index contributed by atoms with van der Waals surface area (Å²) in [5.74, 6) is 2.13. The monoisotopic (exact) mass is 434 g/mol. The predicted octanol–water partition coefficient (Wildman–Crippen LogP) is 6.60. The van der Waals surface area contributed by atoms with Crippen molar-refractivity contribution in [2.45, 2.75) is 0 Å². The Balaban J connectivity index is 0.000000370. The highest BCUT2D eigenvalue weighted by Crippen LogP contribution is 2.42. The molecule has 0 saturated heterocycles. The lowest BCUT2D eigenvalue weighted by Crippen LogP contribution is -2.02. The first kappa shape index (κ1) is 23.1. The van der Waals surface area contributed by atoms with Crippen LogP contribution < -0.4 is 13.6 Å². The Hall–Kier alpha value is -2.20. The molecular formula is C21H24O6P2. The van der Waals surface area contributed by atoms with E-state index in [1.165, 1.54) is 0 Å². The minimum Gasteiger partial charge on any atom is -0.409 e. The van der Waals surface area contributed by atoms with Crippen LogP contribution >= 0.6 is 17.2 Å². The predicted molar refractivity (Wildman–Crippen MR) is 116 cm³/mol. The summed E-state index contributed by atoms with van der Waals surface area (Å²) in [5.41, 5.74) is 0. The second-order valence-electron chi connectivity index (χ2n) is 5.21. The highest BCUT2D eigenvalue weighted by molar-refractivity contribution is 7.43. The summed E-state index contributed by atoms with van der Waals surface area (Å²) in [6.07, 6.45) is 0. The van der Waals surface area contributed by atoms with Crippen LogP contribution in [0.3, 0.4) is 0 Å². The first-order valence-corrected chi connectivity index (χ1v) is 10.9. The van der Waals surface area contributed by atoms with Gasteiger partial charge in [-0.15, -0.1) is 0 Å². The molecule has 3 aromatic carbocycles. The fourth-order valence-electron chi connectivity index (χ4n) is 1.98. The average molecular weight is 434 g/mol. The lowest BCUT2D eigenvalue weighted by atomic mass is 10.3. The Bertz CT molecular complexity index is 669. The zero-order valence-electron chi connectivity index (χ0n) is 16.5.